The van der Waals surface area contributed by atoms with E-state index in [1.54, 1.807) is 13.1 Å². The molecule has 2 N–H and O–H groups in total. The van der Waals surface area contributed by atoms with Crippen LogP contribution in [-0.4, -0.2) is 30.3 Å². The summed E-state index contributed by atoms with van der Waals surface area (Å²) in [5, 5.41) is 6.17. The molecule has 0 aliphatic rings. The first kappa shape index (κ1) is 20.1. The third-order valence-corrected chi connectivity index (χ3v) is 4.61. The third-order valence-electron chi connectivity index (χ3n) is 4.61. The highest BCUT2D eigenvalue weighted by Gasteiger charge is 2.18. The Morgan fingerprint density at radius 1 is 0.828 bits per heavy atom. The Labute approximate surface area is 171 Å². The highest BCUT2D eigenvalue weighted by molar-refractivity contribution is 6.03. The van der Waals surface area contributed by atoms with E-state index in [-0.39, 0.29) is 18.4 Å². The van der Waals surface area contributed by atoms with Crippen LogP contribution in [0, 0.1) is 0 Å². The first-order valence-corrected chi connectivity index (χ1v) is 9.62. The molecule has 3 rings (SSSR count). The molecule has 5 nitrogen and oxygen atoms in total. The predicted molar refractivity (Wildman–Crippen MR) is 118 cm³/mol. The molecule has 29 heavy (non-hydrogen) atoms. The van der Waals surface area contributed by atoms with Crippen molar-refractivity contribution < 1.29 is 9.59 Å². The molecule has 0 radical (unpaired) electrons. The molecule has 0 aromatic heterocycles. The third kappa shape index (κ3) is 5.23. The van der Waals surface area contributed by atoms with Crippen LogP contribution in [0.25, 0.3) is 0 Å². The van der Waals surface area contributed by atoms with E-state index >= 15 is 0 Å². The molecule has 5 heteroatoms. The predicted octanol–water partition coefficient (Wildman–Crippen LogP) is 4.70. The van der Waals surface area contributed by atoms with Crippen LogP contribution in [0.1, 0.15) is 22.8 Å². The largest absolute Gasteiger partial charge is 0.355 e. The maximum Gasteiger partial charge on any atom is 0.256 e. The van der Waals surface area contributed by atoms with Crippen LogP contribution >= 0.6 is 0 Å². The molecule has 0 saturated carbocycles. The van der Waals surface area contributed by atoms with Gasteiger partial charge in [0.05, 0.1) is 17.8 Å². The number of nitrogens with one attached hydrogen (secondary N) is 2. The Balaban J connectivity index is 1.69. The van der Waals surface area contributed by atoms with Gasteiger partial charge in [-0.05, 0) is 42.3 Å². The minimum atomic E-state index is -0.227. The monoisotopic (exact) mass is 387 g/mol. The first-order chi connectivity index (χ1) is 14.1. The fraction of sp³-hybridized carbons (Fsp3) is 0.167. The van der Waals surface area contributed by atoms with Gasteiger partial charge in [0.15, 0.2) is 0 Å². The van der Waals surface area contributed by atoms with Crippen molar-refractivity contribution in [2.45, 2.75) is 13.3 Å². The van der Waals surface area contributed by atoms with E-state index in [2.05, 4.69) is 10.6 Å². The molecular weight excluding hydrogens is 362 g/mol. The van der Waals surface area contributed by atoms with Crippen LogP contribution in [0.3, 0.4) is 0 Å². The summed E-state index contributed by atoms with van der Waals surface area (Å²) in [7, 11) is 1.63. The van der Waals surface area contributed by atoms with E-state index in [1.807, 2.05) is 79.7 Å². The number of hydrogen-bond donors (Lipinski definition) is 2. The van der Waals surface area contributed by atoms with Gasteiger partial charge < -0.3 is 15.5 Å². The van der Waals surface area contributed by atoms with E-state index in [0.29, 0.717) is 11.3 Å². The lowest BCUT2D eigenvalue weighted by Crippen LogP contribution is -2.35. The standard InChI is InChI=1S/C24H25N3O2/c1-3-18-11-7-9-15-21(18)26-23(28)17-27(2)24(29)20-14-8-10-16-22(20)25-19-12-5-4-6-13-19/h4-16,25H,3,17H2,1-2H3,(H,26,28). The van der Waals surface area contributed by atoms with Crippen LogP contribution < -0.4 is 10.6 Å². The van der Waals surface area contributed by atoms with Gasteiger partial charge in [-0.25, -0.2) is 0 Å². The van der Waals surface area contributed by atoms with Crippen molar-refractivity contribution in [3.05, 3.63) is 90.0 Å². The summed E-state index contributed by atoms with van der Waals surface area (Å²) in [5.41, 5.74) is 3.96. The van der Waals surface area contributed by atoms with Crippen molar-refractivity contribution in [3.8, 4) is 0 Å². The quantitative estimate of drug-likeness (QED) is 0.618. The number of carbonyl (C=O) groups is 2. The zero-order chi connectivity index (χ0) is 20.6. The molecular formula is C24H25N3O2. The molecule has 0 aliphatic heterocycles. The molecule has 0 heterocycles. The normalized spacial score (nSPS) is 10.3. The van der Waals surface area contributed by atoms with Gasteiger partial charge in [0.2, 0.25) is 5.91 Å². The number of likely N-dealkylation sites (N-methyl/N-ethyl adjacent to an activating group) is 1. The summed E-state index contributed by atoms with van der Waals surface area (Å²) < 4.78 is 0. The van der Waals surface area contributed by atoms with Crippen LogP contribution in [0.15, 0.2) is 78.9 Å². The number of nitrogens with zero attached hydrogens (tertiary/aromatic N) is 1. The van der Waals surface area contributed by atoms with E-state index < -0.39 is 0 Å². The van der Waals surface area contributed by atoms with Gasteiger partial charge in [0.25, 0.3) is 5.91 Å². The number of anilines is 3. The number of rotatable bonds is 7. The Morgan fingerprint density at radius 3 is 2.17 bits per heavy atom. The number of benzene rings is 3. The molecule has 0 bridgehead atoms. The molecule has 0 saturated heterocycles. The Bertz CT molecular complexity index is 986. The number of amides is 2. The maximum atomic E-state index is 13.0. The average molecular weight is 387 g/mol. The van der Waals surface area contributed by atoms with Gasteiger partial charge in [-0.2, -0.15) is 0 Å². The topological polar surface area (TPSA) is 61.4 Å². The van der Waals surface area contributed by atoms with E-state index in [4.69, 9.17) is 0 Å². The fourth-order valence-electron chi connectivity index (χ4n) is 3.09. The van der Waals surface area contributed by atoms with E-state index in [1.165, 1.54) is 4.90 Å². The molecule has 0 fully saturated rings. The zero-order valence-corrected chi connectivity index (χ0v) is 16.7. The summed E-state index contributed by atoms with van der Waals surface area (Å²) >= 11 is 0. The minimum Gasteiger partial charge on any atom is -0.355 e. The molecule has 148 valence electrons. The first-order valence-electron chi connectivity index (χ1n) is 9.62. The van der Waals surface area contributed by atoms with Crippen molar-refractivity contribution in [2.75, 3.05) is 24.2 Å². The lowest BCUT2D eigenvalue weighted by Gasteiger charge is -2.20. The van der Waals surface area contributed by atoms with Crippen LogP contribution in [0.5, 0.6) is 0 Å². The van der Waals surface area contributed by atoms with Gasteiger partial charge in [-0.1, -0.05) is 55.5 Å². The Morgan fingerprint density at radius 2 is 1.45 bits per heavy atom. The molecule has 0 aliphatic carbocycles. The highest BCUT2D eigenvalue weighted by atomic mass is 16.2. The maximum absolute atomic E-state index is 13.0. The molecule has 0 spiro atoms. The number of carbonyl (C=O) groups excluding carboxylic acids is 2. The second-order valence-electron chi connectivity index (χ2n) is 6.76. The van der Waals surface area contributed by atoms with E-state index in [9.17, 15) is 9.59 Å². The number of hydrogen-bond acceptors (Lipinski definition) is 3. The van der Waals surface area contributed by atoms with Gasteiger partial charge in [0, 0.05) is 18.4 Å². The summed E-state index contributed by atoms with van der Waals surface area (Å²) in [6.45, 7) is 2.01. The second kappa shape index (κ2) is 9.55. The van der Waals surface area contributed by atoms with Crippen molar-refractivity contribution in [2.24, 2.45) is 0 Å². The molecule has 0 atom stereocenters. The number of aryl methyl sites for hydroxylation is 1. The van der Waals surface area contributed by atoms with Gasteiger partial charge in [-0.3, -0.25) is 9.59 Å². The van der Waals surface area contributed by atoms with Crippen molar-refractivity contribution in [1.29, 1.82) is 0 Å². The Hall–Kier alpha value is -3.60. The smallest absolute Gasteiger partial charge is 0.256 e. The van der Waals surface area contributed by atoms with E-state index in [0.717, 1.165) is 23.4 Å². The van der Waals surface area contributed by atoms with Crippen LogP contribution in [0.2, 0.25) is 0 Å². The summed E-state index contributed by atoms with van der Waals surface area (Å²) in [6, 6.07) is 24.6. The average Bonchev–Trinajstić information content (AvgIpc) is 2.74. The van der Waals surface area contributed by atoms with Crippen LogP contribution in [-0.2, 0) is 11.2 Å². The molecule has 0 unspecified atom stereocenters. The van der Waals surface area contributed by atoms with Crippen molar-refractivity contribution in [3.63, 3.8) is 0 Å². The van der Waals surface area contributed by atoms with Gasteiger partial charge >= 0.3 is 0 Å². The van der Waals surface area contributed by atoms with Gasteiger partial charge in [-0.15, -0.1) is 0 Å². The molecule has 3 aromatic rings. The number of para-hydroxylation sites is 3. The van der Waals surface area contributed by atoms with Crippen LogP contribution in [0.4, 0.5) is 17.1 Å². The fourth-order valence-corrected chi connectivity index (χ4v) is 3.09. The summed E-state index contributed by atoms with van der Waals surface area (Å²) in [4.78, 5) is 26.9. The summed E-state index contributed by atoms with van der Waals surface area (Å²) in [6.07, 6.45) is 0.823. The van der Waals surface area contributed by atoms with Crippen molar-refractivity contribution in [1.82, 2.24) is 4.90 Å². The SMILES string of the molecule is CCc1ccccc1NC(=O)CN(C)C(=O)c1ccccc1Nc1ccccc1. The Kier molecular flexibility index (Phi) is 6.63. The second-order valence-corrected chi connectivity index (χ2v) is 6.76. The highest BCUT2D eigenvalue weighted by Crippen LogP contribution is 2.22. The minimum absolute atomic E-state index is 0.0312. The zero-order valence-electron chi connectivity index (χ0n) is 16.7. The lowest BCUT2D eigenvalue weighted by atomic mass is 10.1. The molecule has 3 aromatic carbocycles. The van der Waals surface area contributed by atoms with Gasteiger partial charge in [0.1, 0.15) is 0 Å². The summed E-state index contributed by atoms with van der Waals surface area (Å²) in [5.74, 6) is -0.446. The molecule has 2 amide bonds. The lowest BCUT2D eigenvalue weighted by molar-refractivity contribution is -0.116. The van der Waals surface area contributed by atoms with Crippen molar-refractivity contribution >= 4 is 28.9 Å².